The van der Waals surface area contributed by atoms with Crippen LogP contribution in [0, 0.1) is 17.7 Å². The Morgan fingerprint density at radius 3 is 1.92 bits per heavy atom. The van der Waals surface area contributed by atoms with Gasteiger partial charge in [-0.05, 0) is 42.8 Å². The van der Waals surface area contributed by atoms with Crippen molar-refractivity contribution in [3.05, 3.63) is 84.2 Å². The van der Waals surface area contributed by atoms with Gasteiger partial charge in [-0.15, -0.1) is 0 Å². The minimum atomic E-state index is -1.88. The van der Waals surface area contributed by atoms with Crippen LogP contribution in [0.3, 0.4) is 0 Å². The Morgan fingerprint density at radius 2 is 1.37 bits per heavy atom. The highest BCUT2D eigenvalue weighted by Crippen LogP contribution is 2.47. The van der Waals surface area contributed by atoms with E-state index in [1.807, 2.05) is 0 Å². The highest BCUT2D eigenvalue weighted by atomic mass is 19.1. The number of benzene rings is 3. The number of Topliss-reactive ketones (excluding diaryl/α,β-unsaturated/α-hetero) is 1. The lowest BCUT2D eigenvalue weighted by Crippen LogP contribution is -2.56. The number of anilines is 2. The van der Waals surface area contributed by atoms with Crippen LogP contribution in [0.2, 0.25) is 0 Å². The number of aliphatic hydroxyl groups is 1. The maximum Gasteiger partial charge on any atom is 0.235 e. The minimum Gasteiger partial charge on any atom is -0.495 e. The van der Waals surface area contributed by atoms with Crippen molar-refractivity contribution >= 4 is 29.0 Å². The largest absolute Gasteiger partial charge is 0.495 e. The summed E-state index contributed by atoms with van der Waals surface area (Å²) in [6, 6.07) is 19.0. The van der Waals surface area contributed by atoms with Crippen molar-refractivity contribution in [2.75, 3.05) is 24.9 Å². The van der Waals surface area contributed by atoms with Gasteiger partial charge in [-0.1, -0.05) is 42.5 Å². The van der Waals surface area contributed by atoms with Gasteiger partial charge in [-0.25, -0.2) is 4.39 Å². The molecular formula is C29H29FN2O6. The molecule has 0 saturated heterocycles. The Morgan fingerprint density at radius 1 is 0.868 bits per heavy atom. The Labute approximate surface area is 219 Å². The number of para-hydroxylation sites is 4. The molecule has 1 fully saturated rings. The van der Waals surface area contributed by atoms with E-state index in [1.165, 1.54) is 39.3 Å². The zero-order valence-corrected chi connectivity index (χ0v) is 21.2. The topological polar surface area (TPSA) is 114 Å². The van der Waals surface area contributed by atoms with Crippen LogP contribution in [0.5, 0.6) is 11.5 Å². The lowest BCUT2D eigenvalue weighted by molar-refractivity contribution is -0.150. The van der Waals surface area contributed by atoms with E-state index in [9.17, 15) is 19.5 Å². The molecule has 38 heavy (non-hydrogen) atoms. The lowest BCUT2D eigenvalue weighted by atomic mass is 9.61. The van der Waals surface area contributed by atoms with Crippen molar-refractivity contribution in [1.29, 1.82) is 0 Å². The first-order valence-corrected chi connectivity index (χ1v) is 12.0. The fraction of sp³-hybridized carbons (Fsp3) is 0.276. The third kappa shape index (κ3) is 5.24. The quantitative estimate of drug-likeness (QED) is 0.403. The molecule has 4 rings (SSSR count). The van der Waals surface area contributed by atoms with Crippen molar-refractivity contribution in [1.82, 2.24) is 0 Å². The molecular weight excluding hydrogens is 491 g/mol. The lowest BCUT2D eigenvalue weighted by Gasteiger charge is -2.44. The SMILES string of the molecule is COc1ccccc1NC(=O)C1C(=O)CC(C)(O)C(C(=O)Nc2ccccc2OC)C1c1ccccc1F. The number of carbonyl (C=O) groups excluding carboxylic acids is 3. The number of ether oxygens (including phenoxy) is 2. The summed E-state index contributed by atoms with van der Waals surface area (Å²) in [5.74, 6) is -6.14. The van der Waals surface area contributed by atoms with Crippen molar-refractivity contribution in [2.45, 2.75) is 24.9 Å². The van der Waals surface area contributed by atoms with Gasteiger partial charge in [0.2, 0.25) is 11.8 Å². The normalized spacial score (nSPS) is 22.9. The van der Waals surface area contributed by atoms with Crippen molar-refractivity contribution < 1.29 is 33.4 Å². The van der Waals surface area contributed by atoms with Gasteiger partial charge in [0.15, 0.2) is 0 Å². The van der Waals surface area contributed by atoms with E-state index in [4.69, 9.17) is 9.47 Å². The Hall–Kier alpha value is -4.24. The predicted octanol–water partition coefficient (Wildman–Crippen LogP) is 4.16. The summed E-state index contributed by atoms with van der Waals surface area (Å²) in [7, 11) is 2.88. The second kappa shape index (κ2) is 11.0. The molecule has 3 aromatic carbocycles. The molecule has 0 heterocycles. The van der Waals surface area contributed by atoms with Crippen LogP contribution in [0.1, 0.15) is 24.8 Å². The van der Waals surface area contributed by atoms with Crippen LogP contribution in [-0.2, 0) is 14.4 Å². The van der Waals surface area contributed by atoms with Crippen LogP contribution < -0.4 is 20.1 Å². The van der Waals surface area contributed by atoms with Crippen LogP contribution in [0.25, 0.3) is 0 Å². The van der Waals surface area contributed by atoms with Crippen LogP contribution in [0.4, 0.5) is 15.8 Å². The van der Waals surface area contributed by atoms with Gasteiger partial charge >= 0.3 is 0 Å². The van der Waals surface area contributed by atoms with E-state index >= 15 is 4.39 Å². The van der Waals surface area contributed by atoms with Gasteiger partial charge in [-0.2, -0.15) is 0 Å². The molecule has 9 heteroatoms. The fourth-order valence-electron chi connectivity index (χ4n) is 5.13. The van der Waals surface area contributed by atoms with Gasteiger partial charge in [0.25, 0.3) is 0 Å². The van der Waals surface area contributed by atoms with Gasteiger partial charge in [0.1, 0.15) is 29.0 Å². The molecule has 0 aromatic heterocycles. The van der Waals surface area contributed by atoms with E-state index in [-0.39, 0.29) is 5.56 Å². The van der Waals surface area contributed by atoms with E-state index < -0.39 is 53.2 Å². The Balaban J connectivity index is 1.80. The summed E-state index contributed by atoms with van der Waals surface area (Å²) in [5.41, 5.74) is -1.26. The minimum absolute atomic E-state index is 0.0267. The Kier molecular flexibility index (Phi) is 7.78. The van der Waals surface area contributed by atoms with E-state index in [2.05, 4.69) is 10.6 Å². The van der Waals surface area contributed by atoms with E-state index in [1.54, 1.807) is 54.6 Å². The summed E-state index contributed by atoms with van der Waals surface area (Å²) >= 11 is 0. The molecule has 1 aliphatic carbocycles. The highest BCUT2D eigenvalue weighted by molar-refractivity contribution is 6.11. The second-order valence-corrected chi connectivity index (χ2v) is 9.38. The molecule has 2 amide bonds. The number of amides is 2. The highest BCUT2D eigenvalue weighted by Gasteiger charge is 2.56. The average Bonchev–Trinajstić information content (AvgIpc) is 2.88. The van der Waals surface area contributed by atoms with Gasteiger partial charge in [-0.3, -0.25) is 14.4 Å². The molecule has 3 aromatic rings. The first-order chi connectivity index (χ1) is 18.2. The number of rotatable bonds is 7. The summed E-state index contributed by atoms with van der Waals surface area (Å²) in [6.07, 6.45) is -0.480. The number of ketones is 1. The number of hydrogen-bond acceptors (Lipinski definition) is 6. The number of nitrogens with one attached hydrogen (secondary N) is 2. The average molecular weight is 521 g/mol. The van der Waals surface area contributed by atoms with Crippen molar-refractivity contribution in [2.24, 2.45) is 11.8 Å². The van der Waals surface area contributed by atoms with E-state index in [0.29, 0.717) is 22.9 Å². The number of methoxy groups -OCH3 is 2. The number of halogens is 1. The summed E-state index contributed by atoms with van der Waals surface area (Å²) in [6.45, 7) is 1.35. The third-order valence-electron chi connectivity index (χ3n) is 6.83. The third-order valence-corrected chi connectivity index (χ3v) is 6.83. The van der Waals surface area contributed by atoms with Gasteiger partial charge in [0.05, 0.1) is 37.1 Å². The maximum absolute atomic E-state index is 15.2. The number of hydrogen-bond donors (Lipinski definition) is 3. The van der Waals surface area contributed by atoms with Crippen LogP contribution in [0.15, 0.2) is 72.8 Å². The summed E-state index contributed by atoms with van der Waals surface area (Å²) in [5, 5.41) is 16.8. The summed E-state index contributed by atoms with van der Waals surface area (Å²) < 4.78 is 25.8. The first-order valence-electron chi connectivity index (χ1n) is 12.0. The number of carbonyl (C=O) groups is 3. The Bertz CT molecular complexity index is 1360. The molecule has 0 aliphatic heterocycles. The van der Waals surface area contributed by atoms with Gasteiger partial charge in [0, 0.05) is 12.3 Å². The molecule has 4 unspecified atom stereocenters. The molecule has 0 bridgehead atoms. The zero-order valence-electron chi connectivity index (χ0n) is 21.2. The van der Waals surface area contributed by atoms with Crippen molar-refractivity contribution in [3.8, 4) is 11.5 Å². The molecule has 8 nitrogen and oxygen atoms in total. The second-order valence-electron chi connectivity index (χ2n) is 9.38. The monoisotopic (exact) mass is 520 g/mol. The molecule has 4 atom stereocenters. The molecule has 1 saturated carbocycles. The zero-order chi connectivity index (χ0) is 27.4. The van der Waals surface area contributed by atoms with Gasteiger partial charge < -0.3 is 25.2 Å². The molecule has 1 aliphatic rings. The van der Waals surface area contributed by atoms with E-state index in [0.717, 1.165) is 0 Å². The molecule has 0 spiro atoms. The first kappa shape index (κ1) is 26.8. The van der Waals surface area contributed by atoms with Crippen molar-refractivity contribution in [3.63, 3.8) is 0 Å². The standard InChI is InChI=1S/C29H29FN2O6/c1-29(36)16-21(33)25(27(34)31-19-12-6-8-14-22(19)37-2)24(17-10-4-5-11-18(17)30)26(29)28(35)32-20-13-7-9-15-23(20)38-3/h4-15,24-26,36H,16H2,1-3H3,(H,31,34)(H,32,35). The molecule has 3 N–H and O–H groups in total. The molecule has 198 valence electrons. The summed E-state index contributed by atoms with van der Waals surface area (Å²) in [4.78, 5) is 40.8. The fourth-order valence-corrected chi connectivity index (χ4v) is 5.13. The smallest absolute Gasteiger partial charge is 0.235 e. The van der Waals surface area contributed by atoms with Crippen LogP contribution in [-0.4, -0.2) is 42.5 Å². The predicted molar refractivity (Wildman–Crippen MR) is 140 cm³/mol. The molecule has 0 radical (unpaired) electrons. The maximum atomic E-state index is 15.2. The van der Waals surface area contributed by atoms with Crippen LogP contribution >= 0.6 is 0 Å².